The van der Waals surface area contributed by atoms with E-state index < -0.39 is 0 Å². The van der Waals surface area contributed by atoms with E-state index in [1.807, 2.05) is 50.2 Å². The highest BCUT2D eigenvalue weighted by Gasteiger charge is 2.14. The zero-order chi connectivity index (χ0) is 19.7. The molecule has 0 aliphatic rings. The summed E-state index contributed by atoms with van der Waals surface area (Å²) in [5.41, 5.74) is 3.54. The SMILES string of the molecule is Cc1cc(NC(=O)c2cccc(C#N)c2)n(-c2cc(C)c3ccccc3n2)n1. The molecule has 0 atom stereocenters. The minimum Gasteiger partial charge on any atom is -0.306 e. The smallest absolute Gasteiger partial charge is 0.256 e. The molecule has 2 aromatic carbocycles. The molecule has 2 heterocycles. The highest BCUT2D eigenvalue weighted by atomic mass is 16.1. The number of para-hydroxylation sites is 1. The van der Waals surface area contributed by atoms with Crippen LogP contribution >= 0.6 is 0 Å². The molecule has 4 aromatic rings. The Kier molecular flexibility index (Phi) is 4.34. The molecule has 6 nitrogen and oxygen atoms in total. The first-order chi connectivity index (χ1) is 13.5. The minimum absolute atomic E-state index is 0.309. The largest absolute Gasteiger partial charge is 0.306 e. The summed E-state index contributed by atoms with van der Waals surface area (Å²) in [6.07, 6.45) is 0. The van der Waals surface area contributed by atoms with Crippen LogP contribution in [-0.2, 0) is 0 Å². The fourth-order valence-corrected chi connectivity index (χ4v) is 3.12. The predicted octanol–water partition coefficient (Wildman–Crippen LogP) is 4.16. The molecule has 0 unspecified atom stereocenters. The topological polar surface area (TPSA) is 83.6 Å². The molecule has 0 spiro atoms. The zero-order valence-electron chi connectivity index (χ0n) is 15.5. The number of carbonyl (C=O) groups excluding carboxylic acids is 1. The van der Waals surface area contributed by atoms with Crippen molar-refractivity contribution in [3.63, 3.8) is 0 Å². The van der Waals surface area contributed by atoms with E-state index in [0.717, 1.165) is 22.2 Å². The van der Waals surface area contributed by atoms with Crippen LogP contribution in [0.25, 0.3) is 16.7 Å². The maximum Gasteiger partial charge on any atom is 0.256 e. The van der Waals surface area contributed by atoms with Crippen molar-refractivity contribution in [2.75, 3.05) is 5.32 Å². The summed E-state index contributed by atoms with van der Waals surface area (Å²) in [5, 5.41) is 17.5. The summed E-state index contributed by atoms with van der Waals surface area (Å²) in [7, 11) is 0. The maximum atomic E-state index is 12.7. The van der Waals surface area contributed by atoms with Gasteiger partial charge in [-0.1, -0.05) is 24.3 Å². The van der Waals surface area contributed by atoms with Crippen molar-refractivity contribution in [1.82, 2.24) is 14.8 Å². The normalized spacial score (nSPS) is 10.6. The van der Waals surface area contributed by atoms with Crippen LogP contribution in [-0.4, -0.2) is 20.7 Å². The minimum atomic E-state index is -0.309. The summed E-state index contributed by atoms with van der Waals surface area (Å²) in [4.78, 5) is 17.4. The van der Waals surface area contributed by atoms with Crippen molar-refractivity contribution in [2.24, 2.45) is 0 Å². The van der Waals surface area contributed by atoms with Crippen LogP contribution in [0.4, 0.5) is 5.82 Å². The lowest BCUT2D eigenvalue weighted by atomic mass is 10.1. The van der Waals surface area contributed by atoms with E-state index in [1.54, 1.807) is 35.0 Å². The van der Waals surface area contributed by atoms with Crippen LogP contribution in [0.2, 0.25) is 0 Å². The summed E-state index contributed by atoms with van der Waals surface area (Å²) in [6, 6.07) is 20.3. The van der Waals surface area contributed by atoms with Crippen molar-refractivity contribution in [3.8, 4) is 11.9 Å². The first-order valence-corrected chi connectivity index (χ1v) is 8.80. The van der Waals surface area contributed by atoms with E-state index in [4.69, 9.17) is 10.2 Å². The fraction of sp³-hybridized carbons (Fsp3) is 0.0909. The number of fused-ring (bicyclic) bond motifs is 1. The van der Waals surface area contributed by atoms with Crippen LogP contribution in [0.1, 0.15) is 27.2 Å². The molecule has 0 fully saturated rings. The van der Waals surface area contributed by atoms with Crippen LogP contribution in [0.15, 0.2) is 60.7 Å². The Morgan fingerprint density at radius 2 is 1.89 bits per heavy atom. The maximum absolute atomic E-state index is 12.7. The molecular formula is C22H17N5O. The molecule has 136 valence electrons. The van der Waals surface area contributed by atoms with Gasteiger partial charge in [0.05, 0.1) is 22.8 Å². The molecular weight excluding hydrogens is 350 g/mol. The van der Waals surface area contributed by atoms with Gasteiger partial charge in [-0.25, -0.2) is 4.98 Å². The lowest BCUT2D eigenvalue weighted by molar-refractivity contribution is 0.102. The summed E-state index contributed by atoms with van der Waals surface area (Å²) in [5.74, 6) is 0.841. The number of aryl methyl sites for hydroxylation is 2. The zero-order valence-corrected chi connectivity index (χ0v) is 15.5. The third kappa shape index (κ3) is 3.21. The predicted molar refractivity (Wildman–Crippen MR) is 107 cm³/mol. The Morgan fingerprint density at radius 3 is 2.71 bits per heavy atom. The van der Waals surface area contributed by atoms with Gasteiger partial charge in [0.15, 0.2) is 5.82 Å². The average molecular weight is 367 g/mol. The standard InChI is InChI=1S/C22H17N5O/c1-14-10-20(24-19-9-4-3-8-18(14)19)27-21(11-15(2)26-27)25-22(28)17-7-5-6-16(12-17)13-23/h3-12H,1-2H3,(H,25,28). The molecule has 0 aliphatic carbocycles. The molecule has 1 amide bonds. The van der Waals surface area contributed by atoms with Gasteiger partial charge >= 0.3 is 0 Å². The van der Waals surface area contributed by atoms with Crippen LogP contribution in [0.3, 0.4) is 0 Å². The number of hydrogen-bond donors (Lipinski definition) is 1. The highest BCUT2D eigenvalue weighted by Crippen LogP contribution is 2.22. The average Bonchev–Trinajstić information content (AvgIpc) is 3.08. The molecule has 0 radical (unpaired) electrons. The van der Waals surface area contributed by atoms with Crippen LogP contribution in [0.5, 0.6) is 0 Å². The van der Waals surface area contributed by atoms with Gasteiger partial charge in [-0.05, 0) is 49.7 Å². The van der Waals surface area contributed by atoms with Crippen molar-refractivity contribution in [3.05, 3.63) is 83.0 Å². The third-order valence-corrected chi connectivity index (χ3v) is 4.45. The number of pyridine rings is 1. The number of anilines is 1. The number of nitriles is 1. The molecule has 4 rings (SSSR count). The van der Waals surface area contributed by atoms with E-state index in [2.05, 4.69) is 10.4 Å². The Balaban J connectivity index is 1.73. The number of benzene rings is 2. The van der Waals surface area contributed by atoms with Gasteiger partial charge in [0.2, 0.25) is 0 Å². The van der Waals surface area contributed by atoms with Gasteiger partial charge < -0.3 is 5.32 Å². The van der Waals surface area contributed by atoms with Crippen molar-refractivity contribution in [1.29, 1.82) is 5.26 Å². The Hall–Kier alpha value is -3.98. The third-order valence-electron chi connectivity index (χ3n) is 4.45. The van der Waals surface area contributed by atoms with E-state index >= 15 is 0 Å². The van der Waals surface area contributed by atoms with Gasteiger partial charge in [0.1, 0.15) is 5.82 Å². The molecule has 0 saturated heterocycles. The molecule has 0 bridgehead atoms. The summed E-state index contributed by atoms with van der Waals surface area (Å²) >= 11 is 0. The van der Waals surface area contributed by atoms with E-state index in [0.29, 0.717) is 22.8 Å². The number of amides is 1. The molecule has 2 aromatic heterocycles. The van der Waals surface area contributed by atoms with E-state index in [-0.39, 0.29) is 5.91 Å². The second-order valence-corrected chi connectivity index (χ2v) is 6.54. The van der Waals surface area contributed by atoms with Gasteiger partial charge in [-0.15, -0.1) is 0 Å². The fourth-order valence-electron chi connectivity index (χ4n) is 3.12. The number of carbonyl (C=O) groups is 1. The van der Waals surface area contributed by atoms with Gasteiger partial charge in [0.25, 0.3) is 5.91 Å². The quantitative estimate of drug-likeness (QED) is 0.589. The summed E-state index contributed by atoms with van der Waals surface area (Å²) in [6.45, 7) is 3.88. The lowest BCUT2D eigenvalue weighted by Crippen LogP contribution is -2.15. The molecule has 6 heteroatoms. The molecule has 1 N–H and O–H groups in total. The molecule has 0 aliphatic heterocycles. The number of nitrogens with one attached hydrogen (secondary N) is 1. The van der Waals surface area contributed by atoms with E-state index in [1.165, 1.54) is 0 Å². The van der Waals surface area contributed by atoms with Gasteiger partial charge in [0, 0.05) is 17.0 Å². The first-order valence-electron chi connectivity index (χ1n) is 8.80. The Bertz CT molecular complexity index is 1250. The highest BCUT2D eigenvalue weighted by molar-refractivity contribution is 6.04. The second-order valence-electron chi connectivity index (χ2n) is 6.54. The Morgan fingerprint density at radius 1 is 1.07 bits per heavy atom. The number of aromatic nitrogens is 3. The van der Waals surface area contributed by atoms with Crippen LogP contribution in [0, 0.1) is 25.2 Å². The van der Waals surface area contributed by atoms with E-state index in [9.17, 15) is 4.79 Å². The second kappa shape index (κ2) is 6.97. The van der Waals surface area contributed by atoms with Crippen LogP contribution < -0.4 is 5.32 Å². The summed E-state index contributed by atoms with van der Waals surface area (Å²) < 4.78 is 1.63. The lowest BCUT2D eigenvalue weighted by Gasteiger charge is -2.11. The van der Waals surface area contributed by atoms with Gasteiger partial charge in [-0.3, -0.25) is 4.79 Å². The van der Waals surface area contributed by atoms with Crippen molar-refractivity contribution < 1.29 is 4.79 Å². The van der Waals surface area contributed by atoms with Crippen molar-refractivity contribution in [2.45, 2.75) is 13.8 Å². The monoisotopic (exact) mass is 367 g/mol. The first kappa shape index (κ1) is 17.4. The van der Waals surface area contributed by atoms with Gasteiger partial charge in [-0.2, -0.15) is 15.0 Å². The van der Waals surface area contributed by atoms with Crippen molar-refractivity contribution >= 4 is 22.6 Å². The Labute approximate surface area is 162 Å². The molecule has 0 saturated carbocycles. The molecule has 28 heavy (non-hydrogen) atoms. The number of nitrogens with zero attached hydrogens (tertiary/aromatic N) is 4. The number of rotatable bonds is 3. The number of hydrogen-bond acceptors (Lipinski definition) is 4.